The second-order valence-electron chi connectivity index (χ2n) is 5.98. The van der Waals surface area contributed by atoms with Gasteiger partial charge in [-0.2, -0.15) is 0 Å². The number of ether oxygens (including phenoxy) is 1. The highest BCUT2D eigenvalue weighted by atomic mass is 16.5. The highest BCUT2D eigenvalue weighted by molar-refractivity contribution is 5.90. The van der Waals surface area contributed by atoms with Crippen molar-refractivity contribution >= 4 is 11.7 Å². The maximum Gasteiger partial charge on any atom is 0.338 e. The predicted octanol–water partition coefficient (Wildman–Crippen LogP) is 4.57. The molecule has 0 radical (unpaired) electrons. The lowest BCUT2D eigenvalue weighted by molar-refractivity contribution is 0.0428. The molecule has 0 aromatic heterocycles. The number of unbranched alkanes of at least 4 members (excludes halogenated alkanes) is 1. The molecular weight excluding hydrogens is 274 g/mol. The molecule has 0 aliphatic carbocycles. The van der Waals surface area contributed by atoms with Crippen LogP contribution in [0.1, 0.15) is 55.5 Å². The predicted molar refractivity (Wildman–Crippen MR) is 91.3 cm³/mol. The monoisotopic (exact) mass is 301 g/mol. The summed E-state index contributed by atoms with van der Waals surface area (Å²) in [6, 6.07) is 5.82. The molecule has 1 heterocycles. The first-order chi connectivity index (χ1) is 10.7. The zero-order chi connectivity index (χ0) is 15.9. The SMILES string of the molecule is C=CN1CCc2cc(C(=O)OCC(CC)CCCC)ccc21. The molecule has 0 bridgehead atoms. The van der Waals surface area contributed by atoms with Gasteiger partial charge in [-0.15, -0.1) is 0 Å². The molecule has 0 N–H and O–H groups in total. The van der Waals surface area contributed by atoms with Crippen LogP contribution in [0.5, 0.6) is 0 Å². The molecule has 0 amide bonds. The van der Waals surface area contributed by atoms with Gasteiger partial charge < -0.3 is 9.64 Å². The van der Waals surface area contributed by atoms with Crippen LogP contribution < -0.4 is 4.90 Å². The molecule has 1 aliphatic heterocycles. The van der Waals surface area contributed by atoms with Crippen LogP contribution in [0.25, 0.3) is 0 Å². The number of nitrogens with zero attached hydrogens (tertiary/aromatic N) is 1. The third-order valence-electron chi connectivity index (χ3n) is 4.46. The van der Waals surface area contributed by atoms with Gasteiger partial charge in [0.25, 0.3) is 0 Å². The molecule has 0 spiro atoms. The Morgan fingerprint density at radius 1 is 1.45 bits per heavy atom. The van der Waals surface area contributed by atoms with Gasteiger partial charge in [0.2, 0.25) is 0 Å². The topological polar surface area (TPSA) is 29.5 Å². The number of fused-ring (bicyclic) bond motifs is 1. The van der Waals surface area contributed by atoms with Crippen LogP contribution in [0.3, 0.4) is 0 Å². The number of carbonyl (C=O) groups excluding carboxylic acids is 1. The summed E-state index contributed by atoms with van der Waals surface area (Å²) in [5.74, 6) is 0.282. The zero-order valence-corrected chi connectivity index (χ0v) is 13.8. The molecule has 3 heteroatoms. The molecule has 1 atom stereocenters. The van der Waals surface area contributed by atoms with Gasteiger partial charge in [0.1, 0.15) is 0 Å². The van der Waals surface area contributed by atoms with Gasteiger partial charge in [-0.05, 0) is 48.7 Å². The van der Waals surface area contributed by atoms with E-state index in [0.29, 0.717) is 18.1 Å². The van der Waals surface area contributed by atoms with Crippen molar-refractivity contribution in [3.63, 3.8) is 0 Å². The lowest BCUT2D eigenvalue weighted by atomic mass is 10.0. The number of carbonyl (C=O) groups is 1. The van der Waals surface area contributed by atoms with E-state index in [9.17, 15) is 4.79 Å². The Kier molecular flexibility index (Phi) is 6.05. The van der Waals surface area contributed by atoms with E-state index in [1.54, 1.807) is 0 Å². The minimum Gasteiger partial charge on any atom is -0.462 e. The average Bonchev–Trinajstić information content (AvgIpc) is 2.97. The van der Waals surface area contributed by atoms with Gasteiger partial charge in [-0.3, -0.25) is 0 Å². The van der Waals surface area contributed by atoms with E-state index >= 15 is 0 Å². The van der Waals surface area contributed by atoms with Gasteiger partial charge in [-0.1, -0.05) is 39.7 Å². The number of hydrogen-bond acceptors (Lipinski definition) is 3. The van der Waals surface area contributed by atoms with Crippen molar-refractivity contribution in [2.75, 3.05) is 18.1 Å². The normalized spacial score (nSPS) is 14.5. The van der Waals surface area contributed by atoms with Crippen LogP contribution in [0.15, 0.2) is 31.0 Å². The van der Waals surface area contributed by atoms with E-state index in [0.717, 1.165) is 31.5 Å². The van der Waals surface area contributed by atoms with E-state index in [-0.39, 0.29) is 5.97 Å². The second-order valence-corrected chi connectivity index (χ2v) is 5.98. The van der Waals surface area contributed by atoms with Gasteiger partial charge in [0.05, 0.1) is 12.2 Å². The summed E-state index contributed by atoms with van der Waals surface area (Å²) in [6.45, 7) is 9.64. The van der Waals surface area contributed by atoms with Crippen molar-refractivity contribution in [2.45, 2.75) is 46.0 Å². The molecule has 0 fully saturated rings. The highest BCUT2D eigenvalue weighted by Crippen LogP contribution is 2.29. The molecular formula is C19H27NO2. The van der Waals surface area contributed by atoms with Gasteiger partial charge in [0, 0.05) is 12.2 Å². The Morgan fingerprint density at radius 2 is 2.27 bits per heavy atom. The molecule has 3 nitrogen and oxygen atoms in total. The largest absolute Gasteiger partial charge is 0.462 e. The van der Waals surface area contributed by atoms with Crippen molar-refractivity contribution in [3.05, 3.63) is 42.1 Å². The van der Waals surface area contributed by atoms with E-state index in [1.165, 1.54) is 18.4 Å². The van der Waals surface area contributed by atoms with Gasteiger partial charge in [-0.25, -0.2) is 4.79 Å². The van der Waals surface area contributed by atoms with Crippen LogP contribution in [-0.4, -0.2) is 19.1 Å². The summed E-state index contributed by atoms with van der Waals surface area (Å²) in [5, 5.41) is 0. The van der Waals surface area contributed by atoms with Crippen molar-refractivity contribution in [2.24, 2.45) is 5.92 Å². The van der Waals surface area contributed by atoms with E-state index in [1.807, 2.05) is 24.4 Å². The quantitative estimate of drug-likeness (QED) is 0.659. The minimum atomic E-state index is -0.199. The number of hydrogen-bond donors (Lipinski definition) is 0. The molecule has 0 saturated heterocycles. The summed E-state index contributed by atoms with van der Waals surface area (Å²) in [6.07, 6.45) is 7.38. The van der Waals surface area contributed by atoms with Crippen molar-refractivity contribution in [1.82, 2.24) is 0 Å². The Labute approximate surface area is 134 Å². The van der Waals surface area contributed by atoms with Crippen LogP contribution in [0, 0.1) is 5.92 Å². The first kappa shape index (κ1) is 16.6. The molecule has 22 heavy (non-hydrogen) atoms. The molecule has 2 rings (SSSR count). The number of anilines is 1. The summed E-state index contributed by atoms with van der Waals surface area (Å²) in [5.41, 5.74) is 3.02. The smallest absolute Gasteiger partial charge is 0.338 e. The number of rotatable bonds is 8. The molecule has 1 aliphatic rings. The maximum absolute atomic E-state index is 12.2. The Hall–Kier alpha value is -1.77. The summed E-state index contributed by atoms with van der Waals surface area (Å²) >= 11 is 0. The summed E-state index contributed by atoms with van der Waals surface area (Å²) in [4.78, 5) is 14.3. The standard InChI is InChI=1S/C19H27NO2/c1-4-7-8-15(5-2)14-22-19(21)17-9-10-18-16(13-17)11-12-20(18)6-3/h6,9-10,13,15H,3-5,7-8,11-12,14H2,1-2H3. The molecule has 120 valence electrons. The van der Waals surface area contributed by atoms with Crippen LogP contribution >= 0.6 is 0 Å². The summed E-state index contributed by atoms with van der Waals surface area (Å²) < 4.78 is 5.52. The third-order valence-corrected chi connectivity index (χ3v) is 4.46. The van der Waals surface area contributed by atoms with Crippen LogP contribution in [0.4, 0.5) is 5.69 Å². The molecule has 1 aromatic rings. The molecule has 1 aromatic carbocycles. The van der Waals surface area contributed by atoms with Crippen molar-refractivity contribution in [1.29, 1.82) is 0 Å². The first-order valence-corrected chi connectivity index (χ1v) is 8.38. The highest BCUT2D eigenvalue weighted by Gasteiger charge is 2.19. The van der Waals surface area contributed by atoms with Gasteiger partial charge >= 0.3 is 5.97 Å². The van der Waals surface area contributed by atoms with E-state index in [2.05, 4.69) is 25.3 Å². The zero-order valence-electron chi connectivity index (χ0n) is 13.8. The van der Waals surface area contributed by atoms with E-state index in [4.69, 9.17) is 4.74 Å². The fraction of sp³-hybridized carbons (Fsp3) is 0.526. The van der Waals surface area contributed by atoms with Crippen molar-refractivity contribution in [3.8, 4) is 0 Å². The van der Waals surface area contributed by atoms with Crippen LogP contribution in [-0.2, 0) is 11.2 Å². The fourth-order valence-corrected chi connectivity index (χ4v) is 2.92. The first-order valence-electron chi connectivity index (χ1n) is 8.38. The second kappa shape index (κ2) is 8.02. The number of benzene rings is 1. The average molecular weight is 301 g/mol. The number of esters is 1. The van der Waals surface area contributed by atoms with Gasteiger partial charge in [0.15, 0.2) is 0 Å². The van der Waals surface area contributed by atoms with E-state index < -0.39 is 0 Å². The maximum atomic E-state index is 12.2. The lowest BCUT2D eigenvalue weighted by Gasteiger charge is -2.15. The Bertz CT molecular complexity index is 524. The molecule has 1 unspecified atom stereocenters. The fourth-order valence-electron chi connectivity index (χ4n) is 2.92. The van der Waals surface area contributed by atoms with Crippen LogP contribution in [0.2, 0.25) is 0 Å². The minimum absolute atomic E-state index is 0.199. The Balaban J connectivity index is 1.94. The Morgan fingerprint density at radius 3 is 2.95 bits per heavy atom. The lowest BCUT2D eigenvalue weighted by Crippen LogP contribution is -2.14. The molecule has 0 saturated carbocycles. The van der Waals surface area contributed by atoms with Crippen molar-refractivity contribution < 1.29 is 9.53 Å². The third kappa shape index (κ3) is 3.90. The summed E-state index contributed by atoms with van der Waals surface area (Å²) in [7, 11) is 0.